The van der Waals surface area contributed by atoms with Gasteiger partial charge < -0.3 is 10.8 Å². The van der Waals surface area contributed by atoms with Crippen LogP contribution in [0.3, 0.4) is 0 Å². The summed E-state index contributed by atoms with van der Waals surface area (Å²) in [6.45, 7) is 0. The summed E-state index contributed by atoms with van der Waals surface area (Å²) in [6.07, 6.45) is 2.28. The first kappa shape index (κ1) is 16.7. The number of nitrogens with two attached hydrogens (primary N) is 1. The fourth-order valence-electron chi connectivity index (χ4n) is 2.68. The number of aliphatic hydroxyl groups excluding tert-OH is 1. The molecule has 8 heteroatoms. The van der Waals surface area contributed by atoms with E-state index in [9.17, 15) is 5.11 Å². The third-order valence-corrected chi connectivity index (χ3v) is 5.40. The van der Waals surface area contributed by atoms with Crippen molar-refractivity contribution < 1.29 is 5.11 Å². The number of nitrogen functional groups attached to an aromatic ring is 1. The van der Waals surface area contributed by atoms with E-state index in [0.29, 0.717) is 16.7 Å². The zero-order valence-corrected chi connectivity index (χ0v) is 15.0. The summed E-state index contributed by atoms with van der Waals surface area (Å²) in [6, 6.07) is 12.7. The Labute approximate surface area is 158 Å². The lowest BCUT2D eigenvalue weighted by Crippen LogP contribution is -2.00. The highest BCUT2D eigenvalue weighted by molar-refractivity contribution is 7.19. The number of pyridine rings is 1. The smallest absolute Gasteiger partial charge is 0.165 e. The average Bonchev–Trinajstić information content (AvgIpc) is 3.31. The summed E-state index contributed by atoms with van der Waals surface area (Å²) < 4.78 is 0. The molecule has 0 aliphatic rings. The molecule has 6 nitrogen and oxygen atoms in total. The zero-order chi connectivity index (χ0) is 18.1. The Kier molecular flexibility index (Phi) is 4.42. The molecule has 1 aromatic carbocycles. The van der Waals surface area contributed by atoms with Gasteiger partial charge in [-0.3, -0.25) is 5.10 Å². The summed E-state index contributed by atoms with van der Waals surface area (Å²) in [5.74, 6) is 1.04. The first-order valence-electron chi connectivity index (χ1n) is 7.76. The van der Waals surface area contributed by atoms with Gasteiger partial charge in [0.05, 0.1) is 4.88 Å². The lowest BCUT2D eigenvalue weighted by Gasteiger charge is -2.11. The van der Waals surface area contributed by atoms with Gasteiger partial charge in [0.2, 0.25) is 0 Å². The minimum absolute atomic E-state index is 0.442. The molecular weight excluding hydrogens is 370 g/mol. The van der Waals surface area contributed by atoms with Crippen LogP contribution < -0.4 is 5.73 Å². The molecular formula is C18H14ClN5OS. The van der Waals surface area contributed by atoms with E-state index in [4.69, 9.17) is 17.3 Å². The minimum Gasteiger partial charge on any atom is -0.384 e. The zero-order valence-electron chi connectivity index (χ0n) is 13.4. The number of hydrogen-bond donors (Lipinski definition) is 3. The topological polar surface area (TPSA) is 101 Å². The van der Waals surface area contributed by atoms with E-state index >= 15 is 0 Å². The second kappa shape index (κ2) is 6.87. The van der Waals surface area contributed by atoms with Crippen molar-refractivity contribution in [2.24, 2.45) is 0 Å². The lowest BCUT2D eigenvalue weighted by molar-refractivity contribution is 0.221. The highest BCUT2D eigenvalue weighted by Crippen LogP contribution is 2.41. The fraction of sp³-hybridized carbons (Fsp3) is 0.0556. The van der Waals surface area contributed by atoms with E-state index in [2.05, 4.69) is 20.2 Å². The Hall–Kier alpha value is -2.74. The number of aromatic nitrogens is 4. The highest BCUT2D eigenvalue weighted by atomic mass is 35.5. The molecule has 26 heavy (non-hydrogen) atoms. The van der Waals surface area contributed by atoms with E-state index < -0.39 is 6.10 Å². The maximum Gasteiger partial charge on any atom is 0.165 e. The van der Waals surface area contributed by atoms with Crippen molar-refractivity contribution in [2.75, 3.05) is 5.73 Å². The number of anilines is 1. The SMILES string of the molecule is Nc1cc(-c2cc(C(O)c3ccc(Cl)cc3)c(-c3ncn[nH]3)s2)ccn1. The molecule has 0 fully saturated rings. The molecule has 0 aliphatic carbocycles. The fourth-order valence-corrected chi connectivity index (χ4v) is 3.94. The Morgan fingerprint density at radius 1 is 1.12 bits per heavy atom. The largest absolute Gasteiger partial charge is 0.384 e. The highest BCUT2D eigenvalue weighted by Gasteiger charge is 2.21. The number of aromatic amines is 1. The molecule has 0 radical (unpaired) electrons. The van der Waals surface area contributed by atoms with Crippen molar-refractivity contribution in [3.8, 4) is 21.1 Å². The van der Waals surface area contributed by atoms with Crippen molar-refractivity contribution in [2.45, 2.75) is 6.10 Å². The molecule has 4 rings (SSSR count). The van der Waals surface area contributed by atoms with Gasteiger partial charge in [-0.2, -0.15) is 5.10 Å². The molecule has 1 atom stereocenters. The van der Waals surface area contributed by atoms with Gasteiger partial charge in [-0.1, -0.05) is 23.7 Å². The molecule has 0 saturated carbocycles. The van der Waals surface area contributed by atoms with E-state index in [-0.39, 0.29) is 0 Å². The Balaban J connectivity index is 1.83. The van der Waals surface area contributed by atoms with Crippen LogP contribution in [0.5, 0.6) is 0 Å². The maximum atomic E-state index is 10.9. The first-order chi connectivity index (χ1) is 12.6. The third kappa shape index (κ3) is 3.20. The van der Waals surface area contributed by atoms with Crippen LogP contribution in [0.4, 0.5) is 5.82 Å². The average molecular weight is 384 g/mol. The predicted molar refractivity (Wildman–Crippen MR) is 103 cm³/mol. The van der Waals surface area contributed by atoms with Crippen molar-refractivity contribution in [3.63, 3.8) is 0 Å². The van der Waals surface area contributed by atoms with Crippen molar-refractivity contribution >= 4 is 28.8 Å². The van der Waals surface area contributed by atoms with Gasteiger partial charge >= 0.3 is 0 Å². The number of aliphatic hydroxyl groups is 1. The van der Waals surface area contributed by atoms with E-state index in [1.54, 1.807) is 36.5 Å². The normalized spacial score (nSPS) is 12.2. The molecule has 3 heterocycles. The Morgan fingerprint density at radius 2 is 1.92 bits per heavy atom. The van der Waals surface area contributed by atoms with Crippen molar-refractivity contribution in [3.05, 3.63) is 71.1 Å². The van der Waals surface area contributed by atoms with Crippen LogP contribution in [0, 0.1) is 0 Å². The van der Waals surface area contributed by atoms with Crippen LogP contribution in [0.25, 0.3) is 21.1 Å². The second-order valence-corrected chi connectivity index (χ2v) is 7.14. The Morgan fingerprint density at radius 3 is 2.62 bits per heavy atom. The number of hydrogen-bond acceptors (Lipinski definition) is 6. The van der Waals surface area contributed by atoms with Crippen LogP contribution in [0.2, 0.25) is 5.02 Å². The molecule has 130 valence electrons. The molecule has 4 aromatic rings. The van der Waals surface area contributed by atoms with Crippen LogP contribution in [-0.4, -0.2) is 25.3 Å². The van der Waals surface area contributed by atoms with Gasteiger partial charge in [-0.15, -0.1) is 11.3 Å². The maximum absolute atomic E-state index is 10.9. The van der Waals surface area contributed by atoms with Crippen LogP contribution in [0.15, 0.2) is 55.0 Å². The summed E-state index contributed by atoms with van der Waals surface area (Å²) in [5.41, 5.74) is 8.21. The third-order valence-electron chi connectivity index (χ3n) is 3.94. The van der Waals surface area contributed by atoms with Crippen molar-refractivity contribution in [1.82, 2.24) is 20.2 Å². The molecule has 0 aliphatic heterocycles. The first-order valence-corrected chi connectivity index (χ1v) is 8.96. The van der Waals surface area contributed by atoms with Gasteiger partial charge in [-0.05, 0) is 41.5 Å². The number of benzene rings is 1. The van der Waals surface area contributed by atoms with Crippen molar-refractivity contribution in [1.29, 1.82) is 0 Å². The quantitative estimate of drug-likeness (QED) is 0.496. The van der Waals surface area contributed by atoms with E-state index in [1.807, 2.05) is 12.1 Å². The number of thiophene rings is 1. The second-order valence-electron chi connectivity index (χ2n) is 5.65. The molecule has 0 spiro atoms. The summed E-state index contributed by atoms with van der Waals surface area (Å²) in [5, 5.41) is 18.3. The monoisotopic (exact) mass is 383 g/mol. The van der Waals surface area contributed by atoms with Gasteiger partial charge in [0.25, 0.3) is 0 Å². The molecule has 0 bridgehead atoms. The molecule has 1 unspecified atom stereocenters. The number of H-pyrrole nitrogens is 1. The van der Waals surface area contributed by atoms with Gasteiger partial charge in [0.1, 0.15) is 18.2 Å². The predicted octanol–water partition coefficient (Wildman–Crippen LogP) is 3.91. The summed E-state index contributed by atoms with van der Waals surface area (Å²) >= 11 is 7.46. The van der Waals surface area contributed by atoms with E-state index in [0.717, 1.165) is 26.4 Å². The number of nitrogens with zero attached hydrogens (tertiary/aromatic N) is 3. The summed E-state index contributed by atoms with van der Waals surface area (Å²) in [7, 11) is 0. The molecule has 4 N–H and O–H groups in total. The van der Waals surface area contributed by atoms with Gasteiger partial charge in [0, 0.05) is 21.7 Å². The Bertz CT molecular complexity index is 1030. The molecule has 0 saturated heterocycles. The minimum atomic E-state index is -0.823. The van der Waals surface area contributed by atoms with Crippen LogP contribution in [0.1, 0.15) is 17.2 Å². The molecule has 3 aromatic heterocycles. The summed E-state index contributed by atoms with van der Waals surface area (Å²) in [4.78, 5) is 10.0. The van der Waals surface area contributed by atoms with Gasteiger partial charge in [0.15, 0.2) is 5.82 Å². The number of halogens is 1. The van der Waals surface area contributed by atoms with Gasteiger partial charge in [-0.25, -0.2) is 9.97 Å². The van der Waals surface area contributed by atoms with E-state index in [1.165, 1.54) is 17.7 Å². The molecule has 0 amide bonds. The standard InChI is InChI=1S/C18H14ClN5OS/c19-12-3-1-10(2-4-12)16(25)13-8-14(11-5-6-21-15(20)7-11)26-17(13)18-22-9-23-24-18/h1-9,16,25H,(H2,20,21)(H,22,23,24). The lowest BCUT2D eigenvalue weighted by atomic mass is 10.0. The van der Waals surface area contributed by atoms with Crippen LogP contribution in [-0.2, 0) is 0 Å². The van der Waals surface area contributed by atoms with Crippen LogP contribution >= 0.6 is 22.9 Å². The number of nitrogens with one attached hydrogen (secondary N) is 1. The number of rotatable bonds is 4.